The van der Waals surface area contributed by atoms with Crippen molar-refractivity contribution in [3.63, 3.8) is 0 Å². The minimum atomic E-state index is -0.103. The third-order valence-electron chi connectivity index (χ3n) is 2.76. The van der Waals surface area contributed by atoms with E-state index in [9.17, 15) is 0 Å². The lowest BCUT2D eigenvalue weighted by Gasteiger charge is -2.31. The van der Waals surface area contributed by atoms with Gasteiger partial charge in [0.05, 0.1) is 5.70 Å². The summed E-state index contributed by atoms with van der Waals surface area (Å²) in [5.74, 6) is 0. The van der Waals surface area contributed by atoms with Gasteiger partial charge in [0.2, 0.25) is 0 Å². The lowest BCUT2D eigenvalue weighted by atomic mass is 10.1. The molecule has 0 saturated carbocycles. The minimum absolute atomic E-state index is 0.103. The molecule has 4 nitrogen and oxygen atoms in total. The van der Waals surface area contributed by atoms with E-state index in [2.05, 4.69) is 17.1 Å². The number of nitrogens with two attached hydrogens (primary N) is 1. The van der Waals surface area contributed by atoms with Gasteiger partial charge >= 0.3 is 0 Å². The summed E-state index contributed by atoms with van der Waals surface area (Å²) in [4.78, 5) is 2.43. The molecule has 86 valence electrons. The molecule has 0 aromatic carbocycles. The van der Waals surface area contributed by atoms with Crippen molar-refractivity contribution in [1.82, 2.24) is 10.2 Å². The molecular weight excluding hydrogens is 212 g/mol. The van der Waals surface area contributed by atoms with Crippen molar-refractivity contribution in [3.05, 3.63) is 11.9 Å². The number of likely N-dealkylation sites (tertiary alicyclic amines) is 1. The Kier molecular flexibility index (Phi) is 4.91. The van der Waals surface area contributed by atoms with Crippen LogP contribution in [-0.4, -0.2) is 35.7 Å². The number of hydrogen-bond acceptors (Lipinski definition) is 4. The van der Waals surface area contributed by atoms with E-state index in [1.54, 1.807) is 6.20 Å². The Morgan fingerprint density at radius 3 is 2.67 bits per heavy atom. The van der Waals surface area contributed by atoms with Crippen LogP contribution >= 0.6 is 11.6 Å². The van der Waals surface area contributed by atoms with Crippen molar-refractivity contribution >= 4 is 16.8 Å². The monoisotopic (exact) mass is 230 g/mol. The van der Waals surface area contributed by atoms with Gasteiger partial charge in [-0.3, -0.25) is 5.41 Å². The average Bonchev–Trinajstić information content (AvgIpc) is 2.26. The van der Waals surface area contributed by atoms with E-state index in [-0.39, 0.29) is 5.17 Å². The SMILES string of the molecule is CCN1CCC(N/C=C(/N)C(=N)Cl)CC1. The first kappa shape index (κ1) is 12.3. The maximum Gasteiger partial charge on any atom is 0.145 e. The predicted octanol–water partition coefficient (Wildman–Crippen LogP) is 1.08. The van der Waals surface area contributed by atoms with Crippen LogP contribution in [0, 0.1) is 5.41 Å². The number of rotatable bonds is 4. The van der Waals surface area contributed by atoms with Crippen LogP contribution in [0.3, 0.4) is 0 Å². The summed E-state index contributed by atoms with van der Waals surface area (Å²) in [6, 6.07) is 0.461. The molecule has 0 radical (unpaired) electrons. The summed E-state index contributed by atoms with van der Waals surface area (Å²) in [5, 5.41) is 10.2. The first-order chi connectivity index (χ1) is 7.13. The second-order valence-electron chi connectivity index (χ2n) is 3.79. The molecule has 1 rings (SSSR count). The van der Waals surface area contributed by atoms with E-state index in [0.29, 0.717) is 11.7 Å². The van der Waals surface area contributed by atoms with Gasteiger partial charge < -0.3 is 16.0 Å². The van der Waals surface area contributed by atoms with Crippen LogP contribution in [0.15, 0.2) is 11.9 Å². The molecule has 0 aromatic heterocycles. The van der Waals surface area contributed by atoms with Crippen LogP contribution in [0.25, 0.3) is 0 Å². The largest absolute Gasteiger partial charge is 0.395 e. The molecule has 4 N–H and O–H groups in total. The fourth-order valence-electron chi connectivity index (χ4n) is 1.69. The zero-order valence-corrected chi connectivity index (χ0v) is 9.85. The van der Waals surface area contributed by atoms with Crippen LogP contribution in [0.2, 0.25) is 0 Å². The average molecular weight is 231 g/mol. The normalized spacial score (nSPS) is 20.3. The summed E-state index contributed by atoms with van der Waals surface area (Å²) in [7, 11) is 0. The fourth-order valence-corrected chi connectivity index (χ4v) is 1.74. The molecule has 0 atom stereocenters. The van der Waals surface area contributed by atoms with Crippen molar-refractivity contribution in [2.75, 3.05) is 19.6 Å². The maximum atomic E-state index is 7.10. The number of allylic oxidation sites excluding steroid dienone is 1. The summed E-state index contributed by atoms with van der Waals surface area (Å²) < 4.78 is 0. The van der Waals surface area contributed by atoms with E-state index in [1.807, 2.05) is 0 Å². The van der Waals surface area contributed by atoms with Crippen molar-refractivity contribution in [2.24, 2.45) is 5.73 Å². The van der Waals surface area contributed by atoms with Gasteiger partial charge in [-0.05, 0) is 19.4 Å². The molecule has 1 saturated heterocycles. The Labute approximate surface area is 96.0 Å². The van der Waals surface area contributed by atoms with Gasteiger partial charge in [-0.1, -0.05) is 18.5 Å². The fraction of sp³-hybridized carbons (Fsp3) is 0.700. The van der Waals surface area contributed by atoms with Crippen molar-refractivity contribution in [1.29, 1.82) is 5.41 Å². The molecule has 0 aliphatic carbocycles. The van der Waals surface area contributed by atoms with E-state index in [1.165, 1.54) is 0 Å². The van der Waals surface area contributed by atoms with Crippen molar-refractivity contribution in [2.45, 2.75) is 25.8 Å². The third kappa shape index (κ3) is 4.10. The van der Waals surface area contributed by atoms with Gasteiger partial charge in [0, 0.05) is 25.3 Å². The van der Waals surface area contributed by atoms with E-state index in [0.717, 1.165) is 32.5 Å². The van der Waals surface area contributed by atoms with Crippen LogP contribution in [0.4, 0.5) is 0 Å². The van der Waals surface area contributed by atoms with Gasteiger partial charge in [-0.2, -0.15) is 0 Å². The Bertz CT molecular complexity index is 244. The lowest BCUT2D eigenvalue weighted by molar-refractivity contribution is 0.213. The highest BCUT2D eigenvalue weighted by molar-refractivity contribution is 6.68. The second-order valence-corrected chi connectivity index (χ2v) is 4.17. The first-order valence-corrected chi connectivity index (χ1v) is 5.69. The van der Waals surface area contributed by atoms with Gasteiger partial charge in [0.1, 0.15) is 5.17 Å². The summed E-state index contributed by atoms with van der Waals surface area (Å²) in [6.45, 7) is 5.55. The van der Waals surface area contributed by atoms with Crippen LogP contribution in [0.1, 0.15) is 19.8 Å². The summed E-state index contributed by atoms with van der Waals surface area (Å²) in [5.41, 5.74) is 5.82. The molecule has 0 unspecified atom stereocenters. The van der Waals surface area contributed by atoms with Crippen molar-refractivity contribution in [3.8, 4) is 0 Å². The zero-order chi connectivity index (χ0) is 11.3. The molecule has 0 bridgehead atoms. The Hall–Kier alpha value is -0.740. The standard InChI is InChI=1S/C10H19ClN4/c1-2-15-5-3-8(4-6-15)14-7-9(12)10(11)13/h7-8,13-14H,2-6,12H2,1H3/b9-7+,13-10?. The first-order valence-electron chi connectivity index (χ1n) is 5.32. The van der Waals surface area contributed by atoms with Gasteiger partial charge in [0.15, 0.2) is 0 Å². The van der Waals surface area contributed by atoms with Gasteiger partial charge in [-0.15, -0.1) is 0 Å². The molecule has 0 amide bonds. The Balaban J connectivity index is 2.30. The molecule has 1 aliphatic heterocycles. The predicted molar refractivity (Wildman–Crippen MR) is 64.1 cm³/mol. The molecule has 1 aliphatic rings. The van der Waals surface area contributed by atoms with Crippen LogP contribution < -0.4 is 11.1 Å². The zero-order valence-electron chi connectivity index (χ0n) is 9.09. The highest BCUT2D eigenvalue weighted by Gasteiger charge is 2.16. The Morgan fingerprint density at radius 2 is 2.20 bits per heavy atom. The minimum Gasteiger partial charge on any atom is -0.395 e. The van der Waals surface area contributed by atoms with E-state index < -0.39 is 0 Å². The van der Waals surface area contributed by atoms with E-state index >= 15 is 0 Å². The summed E-state index contributed by atoms with van der Waals surface area (Å²) in [6.07, 6.45) is 3.88. The number of nitrogens with one attached hydrogen (secondary N) is 2. The highest BCUT2D eigenvalue weighted by atomic mass is 35.5. The van der Waals surface area contributed by atoms with Gasteiger partial charge in [-0.25, -0.2) is 0 Å². The topological polar surface area (TPSA) is 65.1 Å². The number of nitrogens with zero attached hydrogens (tertiary/aromatic N) is 1. The highest BCUT2D eigenvalue weighted by Crippen LogP contribution is 2.09. The maximum absolute atomic E-state index is 7.10. The lowest BCUT2D eigenvalue weighted by Crippen LogP contribution is -2.41. The molecular formula is C10H19ClN4. The molecule has 5 heteroatoms. The van der Waals surface area contributed by atoms with Crippen LogP contribution in [-0.2, 0) is 0 Å². The molecule has 0 aromatic rings. The van der Waals surface area contributed by atoms with E-state index in [4.69, 9.17) is 22.7 Å². The number of halogens is 1. The Morgan fingerprint density at radius 1 is 1.60 bits per heavy atom. The third-order valence-corrected chi connectivity index (χ3v) is 2.98. The summed E-state index contributed by atoms with van der Waals surface area (Å²) >= 11 is 5.43. The van der Waals surface area contributed by atoms with Gasteiger partial charge in [0.25, 0.3) is 0 Å². The molecule has 15 heavy (non-hydrogen) atoms. The van der Waals surface area contributed by atoms with Crippen LogP contribution in [0.5, 0.6) is 0 Å². The second kappa shape index (κ2) is 5.98. The molecule has 0 spiro atoms. The smallest absolute Gasteiger partial charge is 0.145 e. The number of piperidine rings is 1. The number of hydrogen-bond donors (Lipinski definition) is 3. The molecule has 1 fully saturated rings. The van der Waals surface area contributed by atoms with Crippen molar-refractivity contribution < 1.29 is 0 Å². The molecule has 1 heterocycles. The quantitative estimate of drug-likeness (QED) is 0.634.